The summed E-state index contributed by atoms with van der Waals surface area (Å²) in [6.07, 6.45) is 5.63. The molecule has 1 fully saturated rings. The van der Waals surface area contributed by atoms with Gasteiger partial charge in [0.1, 0.15) is 0 Å². The molecule has 1 saturated heterocycles. The van der Waals surface area contributed by atoms with Crippen LogP contribution in [0.3, 0.4) is 0 Å². The second-order valence-electron chi connectivity index (χ2n) is 4.44. The van der Waals surface area contributed by atoms with Gasteiger partial charge in [0, 0.05) is 12.6 Å². The molecule has 1 unspecified atom stereocenters. The molecular weight excluding hydrogens is 298 g/mol. The summed E-state index contributed by atoms with van der Waals surface area (Å²) >= 11 is 5.57. The van der Waals surface area contributed by atoms with E-state index in [0.29, 0.717) is 0 Å². The minimum Gasteiger partial charge on any atom is -0.220 e. The van der Waals surface area contributed by atoms with E-state index in [1.54, 1.807) is 0 Å². The van der Waals surface area contributed by atoms with E-state index < -0.39 is 0 Å². The van der Waals surface area contributed by atoms with Gasteiger partial charge < -0.3 is 0 Å². The van der Waals surface area contributed by atoms with E-state index in [2.05, 4.69) is 37.8 Å². The first-order valence-electron chi connectivity index (χ1n) is 5.90. The van der Waals surface area contributed by atoms with Crippen LogP contribution in [0.5, 0.6) is 0 Å². The van der Waals surface area contributed by atoms with Crippen LogP contribution in [0.15, 0.2) is 22.8 Å². The molecule has 0 aliphatic carbocycles. The zero-order valence-corrected chi connectivity index (χ0v) is 11.9. The van der Waals surface area contributed by atoms with Gasteiger partial charge in [0.05, 0.1) is 4.47 Å². The first-order chi connectivity index (χ1) is 8.33. The topological polar surface area (TPSA) is 30.2 Å². The average molecular weight is 312 g/mol. The number of aromatic nitrogens is 3. The molecule has 0 N–H and O–H groups in total. The van der Waals surface area contributed by atoms with Crippen LogP contribution in [0.2, 0.25) is 0 Å². The van der Waals surface area contributed by atoms with Crippen LogP contribution < -0.4 is 0 Å². The van der Waals surface area contributed by atoms with Gasteiger partial charge >= 0.3 is 0 Å². The third-order valence-corrected chi connectivity index (χ3v) is 4.99. The molecule has 1 aliphatic heterocycles. The van der Waals surface area contributed by atoms with Gasteiger partial charge in [-0.2, -0.15) is 16.9 Å². The molecule has 0 spiro atoms. The molecule has 3 nitrogen and oxygen atoms in total. The molecule has 0 aromatic carbocycles. The molecule has 0 saturated carbocycles. The van der Waals surface area contributed by atoms with E-state index in [0.717, 1.165) is 28.3 Å². The number of hydrogen-bond donors (Lipinski definition) is 0. The van der Waals surface area contributed by atoms with Gasteiger partial charge in [-0.15, -0.1) is 0 Å². The zero-order chi connectivity index (χ0) is 11.7. The van der Waals surface area contributed by atoms with E-state index >= 15 is 0 Å². The highest BCUT2D eigenvalue weighted by Gasteiger charge is 2.17. The molecule has 2 aromatic rings. The lowest BCUT2D eigenvalue weighted by Crippen LogP contribution is -2.13. The summed E-state index contributed by atoms with van der Waals surface area (Å²) in [5.74, 6) is 4.31. The van der Waals surface area contributed by atoms with Crippen LogP contribution in [0.1, 0.15) is 18.7 Å². The molecule has 5 heteroatoms. The summed E-state index contributed by atoms with van der Waals surface area (Å²) in [5, 5.41) is 4.53. The van der Waals surface area contributed by atoms with Crippen molar-refractivity contribution in [3.05, 3.63) is 28.6 Å². The van der Waals surface area contributed by atoms with E-state index in [1.807, 2.05) is 22.8 Å². The Labute approximate surface area is 113 Å². The molecule has 90 valence electrons. The van der Waals surface area contributed by atoms with Gasteiger partial charge in [0.25, 0.3) is 0 Å². The third kappa shape index (κ3) is 2.50. The molecule has 17 heavy (non-hydrogen) atoms. The minimum absolute atomic E-state index is 0.755. The summed E-state index contributed by atoms with van der Waals surface area (Å²) in [4.78, 5) is 4.60. The van der Waals surface area contributed by atoms with Crippen LogP contribution in [-0.4, -0.2) is 26.1 Å². The Balaban J connectivity index is 1.83. The predicted molar refractivity (Wildman–Crippen MR) is 74.4 cm³/mol. The number of rotatable bonds is 2. The number of halogens is 1. The summed E-state index contributed by atoms with van der Waals surface area (Å²) in [5.41, 5.74) is 0.922. The van der Waals surface area contributed by atoms with Crippen molar-refractivity contribution in [3.8, 4) is 0 Å². The van der Waals surface area contributed by atoms with Gasteiger partial charge in [-0.1, -0.05) is 0 Å². The Morgan fingerprint density at radius 1 is 1.53 bits per heavy atom. The Kier molecular flexibility index (Phi) is 3.38. The average Bonchev–Trinajstić information content (AvgIpc) is 2.74. The maximum atomic E-state index is 4.60. The van der Waals surface area contributed by atoms with Crippen molar-refractivity contribution >= 4 is 33.3 Å². The molecule has 1 aliphatic rings. The first-order valence-corrected chi connectivity index (χ1v) is 7.85. The maximum Gasteiger partial charge on any atom is 0.169 e. The fourth-order valence-electron chi connectivity index (χ4n) is 2.23. The third-order valence-electron chi connectivity index (χ3n) is 3.08. The largest absolute Gasteiger partial charge is 0.220 e. The molecular formula is C12H14BrN3S. The highest BCUT2D eigenvalue weighted by molar-refractivity contribution is 9.10. The Morgan fingerprint density at radius 3 is 3.24 bits per heavy atom. The standard InChI is InChI=1S/C12H14BrN3S/c13-10-4-1-5-16-12(10)14-11(15-16)7-9-3-2-6-17-8-9/h1,4-5,9H,2-3,6-8H2. The quantitative estimate of drug-likeness (QED) is 0.853. The van der Waals surface area contributed by atoms with Gasteiger partial charge in [-0.05, 0) is 58.3 Å². The minimum atomic E-state index is 0.755. The van der Waals surface area contributed by atoms with Crippen LogP contribution >= 0.6 is 27.7 Å². The fourth-order valence-corrected chi connectivity index (χ4v) is 3.81. The molecule has 2 aromatic heterocycles. The van der Waals surface area contributed by atoms with Crippen LogP contribution in [0.4, 0.5) is 0 Å². The van der Waals surface area contributed by atoms with Crippen LogP contribution in [0, 0.1) is 5.92 Å². The Hall–Kier alpha value is -0.550. The lowest BCUT2D eigenvalue weighted by Gasteiger charge is -2.19. The normalized spacial score (nSPS) is 20.9. The van der Waals surface area contributed by atoms with Crippen LogP contribution in [-0.2, 0) is 6.42 Å². The maximum absolute atomic E-state index is 4.60. The Bertz CT molecular complexity index is 519. The van der Waals surface area contributed by atoms with Crippen molar-refractivity contribution in [2.45, 2.75) is 19.3 Å². The summed E-state index contributed by atoms with van der Waals surface area (Å²) in [6, 6.07) is 3.98. The monoisotopic (exact) mass is 311 g/mol. The lowest BCUT2D eigenvalue weighted by atomic mass is 10.0. The number of nitrogens with zero attached hydrogens (tertiary/aromatic N) is 3. The van der Waals surface area contributed by atoms with Crippen molar-refractivity contribution in [2.24, 2.45) is 5.92 Å². The molecule has 0 radical (unpaired) electrons. The van der Waals surface area contributed by atoms with Crippen molar-refractivity contribution < 1.29 is 0 Å². The SMILES string of the molecule is Brc1cccn2nc(CC3CCCSC3)nc12. The van der Waals surface area contributed by atoms with E-state index in [4.69, 9.17) is 0 Å². The molecule has 0 bridgehead atoms. The predicted octanol–water partition coefficient (Wildman–Crippen LogP) is 3.18. The van der Waals surface area contributed by atoms with E-state index in [1.165, 1.54) is 24.3 Å². The summed E-state index contributed by atoms with van der Waals surface area (Å²) < 4.78 is 2.87. The van der Waals surface area contributed by atoms with Gasteiger partial charge in [0.2, 0.25) is 0 Å². The van der Waals surface area contributed by atoms with Crippen LogP contribution in [0.25, 0.3) is 5.65 Å². The van der Waals surface area contributed by atoms with Gasteiger partial charge in [0.15, 0.2) is 11.5 Å². The molecule has 3 heterocycles. The number of pyridine rings is 1. The van der Waals surface area contributed by atoms with Gasteiger partial charge in [-0.3, -0.25) is 0 Å². The fraction of sp³-hybridized carbons (Fsp3) is 0.500. The van der Waals surface area contributed by atoms with E-state index in [-0.39, 0.29) is 0 Å². The zero-order valence-electron chi connectivity index (χ0n) is 9.47. The number of fused-ring (bicyclic) bond motifs is 1. The highest BCUT2D eigenvalue weighted by atomic mass is 79.9. The number of hydrogen-bond acceptors (Lipinski definition) is 3. The Morgan fingerprint density at radius 2 is 2.47 bits per heavy atom. The molecule has 1 atom stereocenters. The highest BCUT2D eigenvalue weighted by Crippen LogP contribution is 2.25. The second kappa shape index (κ2) is 4.98. The van der Waals surface area contributed by atoms with E-state index in [9.17, 15) is 0 Å². The smallest absolute Gasteiger partial charge is 0.169 e. The second-order valence-corrected chi connectivity index (χ2v) is 6.44. The lowest BCUT2D eigenvalue weighted by molar-refractivity contribution is 0.508. The van der Waals surface area contributed by atoms with Crippen molar-refractivity contribution in [1.82, 2.24) is 14.6 Å². The van der Waals surface area contributed by atoms with Crippen molar-refractivity contribution in [1.29, 1.82) is 0 Å². The molecule has 3 rings (SSSR count). The summed E-state index contributed by atoms with van der Waals surface area (Å²) in [6.45, 7) is 0. The van der Waals surface area contributed by atoms with Crippen molar-refractivity contribution in [3.63, 3.8) is 0 Å². The first kappa shape index (κ1) is 11.5. The van der Waals surface area contributed by atoms with Crippen molar-refractivity contribution in [2.75, 3.05) is 11.5 Å². The van der Waals surface area contributed by atoms with Gasteiger partial charge in [-0.25, -0.2) is 9.50 Å². The number of thioether (sulfide) groups is 1. The molecule has 0 amide bonds. The summed E-state index contributed by atoms with van der Waals surface area (Å²) in [7, 11) is 0.